The van der Waals surface area contributed by atoms with Crippen molar-refractivity contribution in [3.8, 4) is 0 Å². The third-order valence-electron chi connectivity index (χ3n) is 2.61. The number of nitrogens with zero attached hydrogens (tertiary/aromatic N) is 2. The van der Waals surface area contributed by atoms with Gasteiger partial charge in [0.2, 0.25) is 0 Å². The van der Waals surface area contributed by atoms with Crippen molar-refractivity contribution in [1.82, 2.24) is 15.2 Å². The lowest BCUT2D eigenvalue weighted by Gasteiger charge is -2.00. The van der Waals surface area contributed by atoms with Gasteiger partial charge in [-0.05, 0) is 18.1 Å². The highest BCUT2D eigenvalue weighted by Crippen LogP contribution is 2.28. The summed E-state index contributed by atoms with van der Waals surface area (Å²) < 4.78 is 1.23. The van der Waals surface area contributed by atoms with Gasteiger partial charge in [0.15, 0.2) is 0 Å². The fourth-order valence-corrected chi connectivity index (χ4v) is 2.52. The van der Waals surface area contributed by atoms with Crippen molar-refractivity contribution in [2.45, 2.75) is 19.8 Å². The number of hydrogen-bond acceptors (Lipinski definition) is 3. The molecular weight excluding hydrogens is 206 g/mol. The van der Waals surface area contributed by atoms with Gasteiger partial charge in [-0.3, -0.25) is 5.10 Å². The van der Waals surface area contributed by atoms with Crippen molar-refractivity contribution in [2.75, 3.05) is 0 Å². The first-order chi connectivity index (χ1) is 7.25. The van der Waals surface area contributed by atoms with E-state index in [0.717, 1.165) is 11.0 Å². The second kappa shape index (κ2) is 3.03. The zero-order chi connectivity index (χ0) is 10.4. The van der Waals surface area contributed by atoms with E-state index in [9.17, 15) is 0 Å². The summed E-state index contributed by atoms with van der Waals surface area (Å²) in [5.74, 6) is 0.473. The number of aromatic amines is 1. The zero-order valence-electron chi connectivity index (χ0n) is 8.61. The van der Waals surface area contributed by atoms with Crippen molar-refractivity contribution in [3.05, 3.63) is 23.3 Å². The molecule has 0 fully saturated rings. The molecule has 4 heteroatoms. The molecule has 3 nitrogen and oxygen atoms in total. The van der Waals surface area contributed by atoms with Crippen LogP contribution in [0.5, 0.6) is 0 Å². The van der Waals surface area contributed by atoms with Crippen molar-refractivity contribution < 1.29 is 0 Å². The van der Waals surface area contributed by atoms with Gasteiger partial charge >= 0.3 is 0 Å². The minimum absolute atomic E-state index is 0.473. The highest BCUT2D eigenvalue weighted by atomic mass is 32.1. The molecule has 0 radical (unpaired) electrons. The summed E-state index contributed by atoms with van der Waals surface area (Å²) in [6.45, 7) is 4.34. The summed E-state index contributed by atoms with van der Waals surface area (Å²) in [6.07, 6.45) is 0. The molecule has 1 aromatic carbocycles. The minimum atomic E-state index is 0.473. The quantitative estimate of drug-likeness (QED) is 0.679. The van der Waals surface area contributed by atoms with E-state index < -0.39 is 0 Å². The average molecular weight is 217 g/mol. The topological polar surface area (TPSA) is 41.6 Å². The fourth-order valence-electron chi connectivity index (χ4n) is 1.82. The van der Waals surface area contributed by atoms with Crippen molar-refractivity contribution in [1.29, 1.82) is 0 Å². The largest absolute Gasteiger partial charge is 0.281 e. The zero-order valence-corrected chi connectivity index (χ0v) is 9.43. The van der Waals surface area contributed by atoms with Gasteiger partial charge < -0.3 is 0 Å². The Bertz CT molecular complexity index is 621. The van der Waals surface area contributed by atoms with E-state index in [1.807, 2.05) is 11.6 Å². The molecule has 0 spiro atoms. The summed E-state index contributed by atoms with van der Waals surface area (Å²) >= 11 is 1.67. The Morgan fingerprint density at radius 1 is 1.27 bits per heavy atom. The Labute approximate surface area is 91.1 Å². The number of aromatic nitrogens is 3. The number of rotatable bonds is 1. The van der Waals surface area contributed by atoms with E-state index >= 15 is 0 Å². The number of hydrogen-bond donors (Lipinski definition) is 1. The predicted octanol–water partition coefficient (Wildman–Crippen LogP) is 3.30. The van der Waals surface area contributed by atoms with Gasteiger partial charge in [-0.2, -0.15) is 5.10 Å². The SMILES string of the molecule is CC(C)c1[nH]nc2cc3ncsc3cc12. The normalized spacial score (nSPS) is 11.9. The van der Waals surface area contributed by atoms with Crippen molar-refractivity contribution in [2.24, 2.45) is 0 Å². The summed E-state index contributed by atoms with van der Waals surface area (Å²) in [4.78, 5) is 4.29. The molecule has 0 bridgehead atoms. The van der Waals surface area contributed by atoms with Gasteiger partial charge in [-0.25, -0.2) is 4.98 Å². The number of thiazole rings is 1. The highest BCUT2D eigenvalue weighted by molar-refractivity contribution is 7.16. The van der Waals surface area contributed by atoms with E-state index in [1.165, 1.54) is 15.8 Å². The Balaban J connectivity index is 2.41. The molecule has 0 aliphatic heterocycles. The molecule has 76 valence electrons. The lowest BCUT2D eigenvalue weighted by atomic mass is 10.1. The van der Waals surface area contributed by atoms with E-state index in [2.05, 4.69) is 35.1 Å². The number of fused-ring (bicyclic) bond motifs is 2. The highest BCUT2D eigenvalue weighted by Gasteiger charge is 2.10. The molecular formula is C11H11N3S. The van der Waals surface area contributed by atoms with Crippen LogP contribution in [-0.4, -0.2) is 15.2 Å². The molecule has 0 saturated carbocycles. The van der Waals surface area contributed by atoms with Crippen LogP contribution in [-0.2, 0) is 0 Å². The Morgan fingerprint density at radius 2 is 2.13 bits per heavy atom. The molecule has 0 saturated heterocycles. The van der Waals surface area contributed by atoms with Crippen LogP contribution in [0.3, 0.4) is 0 Å². The van der Waals surface area contributed by atoms with Crippen LogP contribution in [0.1, 0.15) is 25.5 Å². The van der Waals surface area contributed by atoms with Crippen LogP contribution >= 0.6 is 11.3 Å². The van der Waals surface area contributed by atoms with Gasteiger partial charge in [0.05, 0.1) is 21.2 Å². The molecule has 0 aliphatic carbocycles. The maximum absolute atomic E-state index is 4.31. The molecule has 0 unspecified atom stereocenters. The van der Waals surface area contributed by atoms with Gasteiger partial charge in [0, 0.05) is 11.1 Å². The van der Waals surface area contributed by atoms with Gasteiger partial charge in [-0.15, -0.1) is 11.3 Å². The standard InChI is InChI=1S/C11H11N3S/c1-6(2)11-7-3-10-9(12-5-15-10)4-8(7)13-14-11/h3-6H,1-2H3,(H,13,14). The molecule has 2 aromatic heterocycles. The number of benzene rings is 1. The van der Waals surface area contributed by atoms with Crippen molar-refractivity contribution >= 4 is 32.5 Å². The second-order valence-electron chi connectivity index (χ2n) is 3.98. The maximum atomic E-state index is 4.31. The lowest BCUT2D eigenvalue weighted by Crippen LogP contribution is -1.87. The van der Waals surface area contributed by atoms with Gasteiger partial charge in [-0.1, -0.05) is 13.8 Å². The van der Waals surface area contributed by atoms with Crippen LogP contribution in [0, 0.1) is 0 Å². The smallest absolute Gasteiger partial charge is 0.0946 e. The molecule has 3 aromatic rings. The summed E-state index contributed by atoms with van der Waals surface area (Å²) in [7, 11) is 0. The molecule has 2 heterocycles. The molecule has 0 atom stereocenters. The Morgan fingerprint density at radius 3 is 2.93 bits per heavy atom. The third kappa shape index (κ3) is 1.25. The molecule has 15 heavy (non-hydrogen) atoms. The summed E-state index contributed by atoms with van der Waals surface area (Å²) in [5, 5.41) is 8.64. The second-order valence-corrected chi connectivity index (χ2v) is 4.87. The van der Waals surface area contributed by atoms with E-state index in [4.69, 9.17) is 0 Å². The van der Waals surface area contributed by atoms with E-state index in [0.29, 0.717) is 5.92 Å². The lowest BCUT2D eigenvalue weighted by molar-refractivity contribution is 0.818. The van der Waals surface area contributed by atoms with Crippen LogP contribution in [0.2, 0.25) is 0 Å². The first-order valence-corrected chi connectivity index (χ1v) is 5.85. The molecule has 3 rings (SSSR count). The first kappa shape index (κ1) is 8.85. The fraction of sp³-hybridized carbons (Fsp3) is 0.273. The number of nitrogens with one attached hydrogen (secondary N) is 1. The minimum Gasteiger partial charge on any atom is -0.281 e. The average Bonchev–Trinajstić information content (AvgIpc) is 2.77. The van der Waals surface area contributed by atoms with E-state index in [-0.39, 0.29) is 0 Å². The maximum Gasteiger partial charge on any atom is 0.0946 e. The third-order valence-corrected chi connectivity index (χ3v) is 3.40. The first-order valence-electron chi connectivity index (χ1n) is 4.97. The molecule has 1 N–H and O–H groups in total. The van der Waals surface area contributed by atoms with Gasteiger partial charge in [0.1, 0.15) is 0 Å². The monoisotopic (exact) mass is 217 g/mol. The van der Waals surface area contributed by atoms with Crippen LogP contribution in [0.4, 0.5) is 0 Å². The predicted molar refractivity (Wildman–Crippen MR) is 63.4 cm³/mol. The number of H-pyrrole nitrogens is 1. The van der Waals surface area contributed by atoms with Crippen LogP contribution in [0.25, 0.3) is 21.1 Å². The summed E-state index contributed by atoms with van der Waals surface area (Å²) in [6, 6.07) is 4.23. The van der Waals surface area contributed by atoms with Crippen molar-refractivity contribution in [3.63, 3.8) is 0 Å². The molecule has 0 amide bonds. The summed E-state index contributed by atoms with van der Waals surface area (Å²) in [5.41, 5.74) is 5.13. The Hall–Kier alpha value is -1.42. The van der Waals surface area contributed by atoms with Crippen LogP contribution < -0.4 is 0 Å². The van der Waals surface area contributed by atoms with Gasteiger partial charge in [0.25, 0.3) is 0 Å². The van der Waals surface area contributed by atoms with E-state index in [1.54, 1.807) is 11.3 Å². The van der Waals surface area contributed by atoms with Crippen LogP contribution in [0.15, 0.2) is 17.6 Å². The Kier molecular flexibility index (Phi) is 1.79. The molecule has 0 aliphatic rings.